The molecule has 2 aromatic heterocycles. The number of aromatic nitrogens is 2. The number of hydrogen-bond acceptors (Lipinski definition) is 5. The Morgan fingerprint density at radius 1 is 0.812 bits per heavy atom. The number of carbonyl (C=O) groups excluding carboxylic acids is 1. The quantitative estimate of drug-likeness (QED) is 0.333. The Morgan fingerprint density at radius 2 is 1.62 bits per heavy atom. The highest BCUT2D eigenvalue weighted by molar-refractivity contribution is 6.33. The summed E-state index contributed by atoms with van der Waals surface area (Å²) in [7, 11) is 0. The maximum atomic E-state index is 12.7. The summed E-state index contributed by atoms with van der Waals surface area (Å²) >= 11 is 6.30. The van der Waals surface area contributed by atoms with Gasteiger partial charge in [-0.3, -0.25) is 10.1 Å². The first-order valence-corrected chi connectivity index (χ1v) is 10.2. The third kappa shape index (κ3) is 4.04. The second-order valence-corrected chi connectivity index (χ2v) is 7.39. The van der Waals surface area contributed by atoms with Crippen molar-refractivity contribution in [1.29, 1.82) is 0 Å². The van der Waals surface area contributed by atoms with Crippen molar-refractivity contribution in [3.05, 3.63) is 102 Å². The van der Waals surface area contributed by atoms with Crippen LogP contribution in [-0.4, -0.2) is 16.1 Å². The van der Waals surface area contributed by atoms with Gasteiger partial charge in [0.1, 0.15) is 0 Å². The molecule has 32 heavy (non-hydrogen) atoms. The van der Waals surface area contributed by atoms with E-state index in [4.69, 9.17) is 20.4 Å². The average molecular weight is 442 g/mol. The molecule has 0 aliphatic carbocycles. The first kappa shape index (κ1) is 19.8. The predicted octanol–water partition coefficient (Wildman–Crippen LogP) is 6.57. The van der Waals surface area contributed by atoms with E-state index in [1.54, 1.807) is 18.2 Å². The fraction of sp³-hybridized carbons (Fsp3) is 0. The fourth-order valence-electron chi connectivity index (χ4n) is 3.32. The van der Waals surface area contributed by atoms with Crippen molar-refractivity contribution in [1.82, 2.24) is 10.2 Å². The summed E-state index contributed by atoms with van der Waals surface area (Å²) in [6.45, 7) is 0. The molecule has 0 saturated carbocycles. The van der Waals surface area contributed by atoms with E-state index >= 15 is 0 Å². The van der Waals surface area contributed by atoms with Gasteiger partial charge in [0.25, 0.3) is 11.8 Å². The van der Waals surface area contributed by atoms with Gasteiger partial charge in [-0.1, -0.05) is 71.3 Å². The van der Waals surface area contributed by atoms with Crippen molar-refractivity contribution < 1.29 is 13.6 Å². The summed E-state index contributed by atoms with van der Waals surface area (Å²) in [6, 6.07) is 26.5. The summed E-state index contributed by atoms with van der Waals surface area (Å²) in [6.07, 6.45) is 1.50. The van der Waals surface area contributed by atoms with Gasteiger partial charge in [0.05, 0.1) is 6.26 Å². The van der Waals surface area contributed by atoms with E-state index in [-0.39, 0.29) is 17.8 Å². The van der Waals surface area contributed by atoms with Gasteiger partial charge in [0, 0.05) is 16.1 Å². The highest BCUT2D eigenvalue weighted by atomic mass is 35.5. The van der Waals surface area contributed by atoms with Gasteiger partial charge in [-0.15, -0.1) is 5.10 Å². The van der Waals surface area contributed by atoms with Gasteiger partial charge < -0.3 is 8.83 Å². The minimum atomic E-state index is -0.353. The maximum Gasteiger partial charge on any atom is 0.322 e. The Balaban J connectivity index is 1.34. The monoisotopic (exact) mass is 441 g/mol. The molecule has 7 heteroatoms. The Bertz CT molecular complexity index is 1380. The number of nitrogens with one attached hydrogen (secondary N) is 1. The Hall–Kier alpha value is -4.16. The molecule has 0 bridgehead atoms. The van der Waals surface area contributed by atoms with Gasteiger partial charge in [0.15, 0.2) is 5.76 Å². The van der Waals surface area contributed by atoms with Gasteiger partial charge in [-0.05, 0) is 47.0 Å². The van der Waals surface area contributed by atoms with Crippen molar-refractivity contribution >= 4 is 23.5 Å². The van der Waals surface area contributed by atoms with Crippen molar-refractivity contribution in [3.63, 3.8) is 0 Å². The van der Waals surface area contributed by atoms with Crippen molar-refractivity contribution in [3.8, 4) is 33.9 Å². The molecule has 0 unspecified atom stereocenters. The predicted molar refractivity (Wildman–Crippen MR) is 122 cm³/mol. The second kappa shape index (κ2) is 8.53. The van der Waals surface area contributed by atoms with Gasteiger partial charge in [0.2, 0.25) is 0 Å². The molecule has 5 aromatic rings. The van der Waals surface area contributed by atoms with Crippen molar-refractivity contribution in [2.75, 3.05) is 5.32 Å². The Kier molecular flexibility index (Phi) is 5.27. The number of benzene rings is 3. The summed E-state index contributed by atoms with van der Waals surface area (Å²) in [5, 5.41) is 11.0. The zero-order valence-electron chi connectivity index (χ0n) is 16.7. The molecule has 5 rings (SSSR count). The van der Waals surface area contributed by atoms with E-state index in [1.807, 2.05) is 66.7 Å². The highest BCUT2D eigenvalue weighted by Gasteiger charge is 2.15. The second-order valence-electron chi connectivity index (χ2n) is 6.98. The number of anilines is 1. The van der Waals surface area contributed by atoms with E-state index in [9.17, 15) is 4.79 Å². The number of hydrogen-bond donors (Lipinski definition) is 1. The number of rotatable bonds is 5. The average Bonchev–Trinajstić information content (AvgIpc) is 3.52. The molecule has 2 heterocycles. The number of nitrogens with zero attached hydrogens (tertiary/aromatic N) is 2. The lowest BCUT2D eigenvalue weighted by Gasteiger charge is -2.08. The zero-order valence-corrected chi connectivity index (χ0v) is 17.4. The van der Waals surface area contributed by atoms with Crippen LogP contribution in [0.25, 0.3) is 33.9 Å². The zero-order chi connectivity index (χ0) is 21.9. The lowest BCUT2D eigenvalue weighted by molar-refractivity contribution is 0.102. The standard InChI is InChI=1S/C25H16ClN3O3/c26-21-8-2-1-7-20(21)17-12-10-16(11-13-17)18-5-3-6-19(15-18)23(30)27-25-29-28-24(32-25)22-9-4-14-31-22/h1-15H,(H,27,29,30). The van der Waals surface area contributed by atoms with E-state index in [0.717, 1.165) is 22.3 Å². The molecule has 0 atom stereocenters. The molecule has 3 aromatic carbocycles. The lowest BCUT2D eigenvalue weighted by Crippen LogP contribution is -2.12. The van der Waals surface area contributed by atoms with Crippen molar-refractivity contribution in [2.45, 2.75) is 0 Å². The van der Waals surface area contributed by atoms with Gasteiger partial charge in [-0.2, -0.15) is 0 Å². The van der Waals surface area contributed by atoms with E-state index in [1.165, 1.54) is 6.26 Å². The fourth-order valence-corrected chi connectivity index (χ4v) is 3.57. The third-order valence-electron chi connectivity index (χ3n) is 4.91. The van der Waals surface area contributed by atoms with Crippen LogP contribution < -0.4 is 5.32 Å². The molecule has 0 aliphatic heterocycles. The largest absolute Gasteiger partial charge is 0.459 e. The lowest BCUT2D eigenvalue weighted by atomic mass is 9.99. The number of carbonyl (C=O) groups is 1. The van der Waals surface area contributed by atoms with Crippen LogP contribution in [0.5, 0.6) is 0 Å². The molecule has 0 fully saturated rings. The Labute approximate surface area is 188 Å². The third-order valence-corrected chi connectivity index (χ3v) is 5.23. The van der Waals surface area contributed by atoms with Crippen LogP contribution in [0.15, 0.2) is 100 Å². The van der Waals surface area contributed by atoms with Gasteiger partial charge >= 0.3 is 6.01 Å². The molecule has 1 amide bonds. The van der Waals surface area contributed by atoms with Crippen LogP contribution in [0.1, 0.15) is 10.4 Å². The molecule has 0 spiro atoms. The van der Waals surface area contributed by atoms with Crippen LogP contribution in [-0.2, 0) is 0 Å². The van der Waals surface area contributed by atoms with E-state index < -0.39 is 0 Å². The normalized spacial score (nSPS) is 10.8. The molecule has 0 aliphatic rings. The molecule has 0 radical (unpaired) electrons. The highest BCUT2D eigenvalue weighted by Crippen LogP contribution is 2.30. The summed E-state index contributed by atoms with van der Waals surface area (Å²) in [4.78, 5) is 12.7. The summed E-state index contributed by atoms with van der Waals surface area (Å²) in [5.74, 6) is 0.270. The molecular formula is C25H16ClN3O3. The minimum absolute atomic E-state index is 0.00380. The molecule has 6 nitrogen and oxygen atoms in total. The number of amides is 1. The topological polar surface area (TPSA) is 81.2 Å². The van der Waals surface area contributed by atoms with Crippen LogP contribution in [0.2, 0.25) is 5.02 Å². The van der Waals surface area contributed by atoms with Crippen LogP contribution in [0.4, 0.5) is 6.01 Å². The maximum absolute atomic E-state index is 12.7. The van der Waals surface area contributed by atoms with Crippen LogP contribution >= 0.6 is 11.6 Å². The smallest absolute Gasteiger partial charge is 0.322 e. The first-order chi connectivity index (χ1) is 15.7. The Morgan fingerprint density at radius 3 is 2.41 bits per heavy atom. The SMILES string of the molecule is O=C(Nc1nnc(-c2ccco2)o1)c1cccc(-c2ccc(-c3ccccc3Cl)cc2)c1. The summed E-state index contributed by atoms with van der Waals surface area (Å²) < 4.78 is 10.7. The molecular weight excluding hydrogens is 426 g/mol. The number of halogens is 1. The van der Waals surface area contributed by atoms with Crippen LogP contribution in [0, 0.1) is 0 Å². The minimum Gasteiger partial charge on any atom is -0.459 e. The van der Waals surface area contributed by atoms with Crippen LogP contribution in [0.3, 0.4) is 0 Å². The van der Waals surface area contributed by atoms with E-state index in [2.05, 4.69) is 15.5 Å². The number of furan rings is 1. The van der Waals surface area contributed by atoms with E-state index in [0.29, 0.717) is 16.3 Å². The molecule has 0 saturated heterocycles. The summed E-state index contributed by atoms with van der Waals surface area (Å²) in [5.41, 5.74) is 4.35. The molecule has 156 valence electrons. The molecule has 1 N–H and O–H groups in total. The van der Waals surface area contributed by atoms with Crippen molar-refractivity contribution in [2.24, 2.45) is 0 Å². The van der Waals surface area contributed by atoms with Gasteiger partial charge in [-0.25, -0.2) is 0 Å². The first-order valence-electron chi connectivity index (χ1n) is 9.81.